The summed E-state index contributed by atoms with van der Waals surface area (Å²) in [7, 11) is -3.63. The third-order valence-corrected chi connectivity index (χ3v) is 6.01. The second kappa shape index (κ2) is 9.69. The van der Waals surface area contributed by atoms with Crippen LogP contribution in [0.25, 0.3) is 0 Å². The van der Waals surface area contributed by atoms with E-state index >= 15 is 0 Å². The molecule has 1 aromatic rings. The molecule has 1 aliphatic rings. The molecule has 1 N–H and O–H groups in total. The summed E-state index contributed by atoms with van der Waals surface area (Å²) in [6, 6.07) is 3.61. The molecule has 148 valence electrons. The van der Waals surface area contributed by atoms with E-state index in [0.717, 1.165) is 30.6 Å². The highest BCUT2D eigenvalue weighted by Crippen LogP contribution is 2.31. The van der Waals surface area contributed by atoms with E-state index in [4.69, 9.17) is 9.47 Å². The van der Waals surface area contributed by atoms with Gasteiger partial charge in [0.15, 0.2) is 0 Å². The molecule has 26 heavy (non-hydrogen) atoms. The number of aryl methyl sites for hydroxylation is 1. The van der Waals surface area contributed by atoms with E-state index in [-0.39, 0.29) is 10.8 Å². The molecule has 1 saturated heterocycles. The van der Waals surface area contributed by atoms with Gasteiger partial charge in [0, 0.05) is 26.2 Å². The van der Waals surface area contributed by atoms with Crippen molar-refractivity contribution in [1.29, 1.82) is 0 Å². The smallest absolute Gasteiger partial charge is 0.244 e. The molecule has 7 heteroatoms. The van der Waals surface area contributed by atoms with Gasteiger partial charge in [-0.25, -0.2) is 13.1 Å². The van der Waals surface area contributed by atoms with Crippen molar-refractivity contribution < 1.29 is 17.9 Å². The standard InChI is InChI=1S/C19H32N2O4S/c1-5-10-25-18-13-16(4)17(15(2)3)14-19(18)26(22,23)20-6-7-21-8-11-24-12-9-21/h13-15,20H,5-12H2,1-4H3. The van der Waals surface area contributed by atoms with Crippen LogP contribution in [0.15, 0.2) is 17.0 Å². The molecule has 1 heterocycles. The molecule has 0 bridgehead atoms. The number of nitrogens with one attached hydrogen (secondary N) is 1. The van der Waals surface area contributed by atoms with Crippen molar-refractivity contribution in [3.8, 4) is 5.75 Å². The van der Waals surface area contributed by atoms with Gasteiger partial charge < -0.3 is 9.47 Å². The summed E-state index contributed by atoms with van der Waals surface area (Å²) in [4.78, 5) is 2.44. The van der Waals surface area contributed by atoms with Crippen LogP contribution in [0.5, 0.6) is 5.75 Å². The third-order valence-electron chi connectivity index (χ3n) is 4.53. The third kappa shape index (κ3) is 5.67. The minimum Gasteiger partial charge on any atom is -0.492 e. The van der Waals surface area contributed by atoms with Crippen LogP contribution in [0, 0.1) is 6.92 Å². The normalized spacial score (nSPS) is 16.2. The van der Waals surface area contributed by atoms with Crippen molar-refractivity contribution in [2.24, 2.45) is 0 Å². The van der Waals surface area contributed by atoms with Crippen molar-refractivity contribution in [2.45, 2.75) is 44.9 Å². The van der Waals surface area contributed by atoms with Crippen molar-refractivity contribution in [1.82, 2.24) is 9.62 Å². The second-order valence-corrected chi connectivity index (χ2v) is 8.75. The maximum atomic E-state index is 12.9. The molecular formula is C19H32N2O4S. The van der Waals surface area contributed by atoms with Crippen LogP contribution in [0.4, 0.5) is 0 Å². The minimum absolute atomic E-state index is 0.238. The van der Waals surface area contributed by atoms with Crippen molar-refractivity contribution in [2.75, 3.05) is 46.0 Å². The fourth-order valence-corrected chi connectivity index (χ4v) is 4.26. The molecule has 0 saturated carbocycles. The van der Waals surface area contributed by atoms with Gasteiger partial charge in [-0.1, -0.05) is 20.8 Å². The van der Waals surface area contributed by atoms with Crippen LogP contribution < -0.4 is 9.46 Å². The van der Waals surface area contributed by atoms with Crippen molar-refractivity contribution in [3.05, 3.63) is 23.3 Å². The average molecular weight is 385 g/mol. The first-order valence-electron chi connectivity index (χ1n) is 9.42. The highest BCUT2D eigenvalue weighted by Gasteiger charge is 2.23. The number of benzene rings is 1. The average Bonchev–Trinajstić information content (AvgIpc) is 2.60. The first-order chi connectivity index (χ1) is 12.3. The lowest BCUT2D eigenvalue weighted by molar-refractivity contribution is 0.0390. The lowest BCUT2D eigenvalue weighted by atomic mass is 9.98. The van der Waals surface area contributed by atoms with E-state index in [1.807, 2.05) is 19.9 Å². The molecule has 1 aromatic carbocycles. The molecule has 2 rings (SSSR count). The summed E-state index contributed by atoms with van der Waals surface area (Å²) >= 11 is 0. The Labute approximate surface area is 157 Å². The van der Waals surface area contributed by atoms with Crippen molar-refractivity contribution in [3.63, 3.8) is 0 Å². The number of ether oxygens (including phenoxy) is 2. The fraction of sp³-hybridized carbons (Fsp3) is 0.684. The Hall–Kier alpha value is -1.15. The number of hydrogen-bond acceptors (Lipinski definition) is 5. The quantitative estimate of drug-likeness (QED) is 0.709. The predicted molar refractivity (Wildman–Crippen MR) is 104 cm³/mol. The fourth-order valence-electron chi connectivity index (χ4n) is 3.07. The van der Waals surface area contributed by atoms with Gasteiger partial charge in [-0.15, -0.1) is 0 Å². The predicted octanol–water partition coefficient (Wildman–Crippen LogP) is 2.52. The van der Waals surface area contributed by atoms with Crippen LogP contribution in [-0.2, 0) is 14.8 Å². The zero-order valence-electron chi connectivity index (χ0n) is 16.4. The van der Waals surface area contributed by atoms with Crippen molar-refractivity contribution >= 4 is 10.0 Å². The Kier molecular flexibility index (Phi) is 7.88. The molecule has 0 aliphatic carbocycles. The Morgan fingerprint density at radius 1 is 1.27 bits per heavy atom. The summed E-state index contributed by atoms with van der Waals surface area (Å²) in [6.07, 6.45) is 0.828. The van der Waals surface area contributed by atoms with Gasteiger partial charge in [-0.3, -0.25) is 4.90 Å². The van der Waals surface area contributed by atoms with Gasteiger partial charge in [0.2, 0.25) is 10.0 Å². The van der Waals surface area contributed by atoms with Crippen LogP contribution in [0.3, 0.4) is 0 Å². The van der Waals surface area contributed by atoms with E-state index in [0.29, 0.717) is 38.7 Å². The zero-order chi connectivity index (χ0) is 19.2. The molecule has 1 fully saturated rings. The van der Waals surface area contributed by atoms with Crippen LogP contribution in [0.2, 0.25) is 0 Å². The second-order valence-electron chi connectivity index (χ2n) is 7.01. The largest absolute Gasteiger partial charge is 0.492 e. The van der Waals surface area contributed by atoms with E-state index in [1.165, 1.54) is 0 Å². The van der Waals surface area contributed by atoms with Crippen LogP contribution in [-0.4, -0.2) is 59.3 Å². The molecule has 0 radical (unpaired) electrons. The Bertz CT molecular complexity index is 683. The monoisotopic (exact) mass is 384 g/mol. The molecule has 6 nitrogen and oxygen atoms in total. The molecule has 0 spiro atoms. The summed E-state index contributed by atoms with van der Waals surface area (Å²) in [5, 5.41) is 0. The highest BCUT2D eigenvalue weighted by molar-refractivity contribution is 7.89. The lowest BCUT2D eigenvalue weighted by Crippen LogP contribution is -2.41. The van der Waals surface area contributed by atoms with Gasteiger partial charge in [-0.2, -0.15) is 0 Å². The summed E-state index contributed by atoms with van der Waals surface area (Å²) in [5.41, 5.74) is 2.08. The molecule has 0 atom stereocenters. The summed E-state index contributed by atoms with van der Waals surface area (Å²) in [5.74, 6) is 0.685. The first-order valence-corrected chi connectivity index (χ1v) is 10.9. The molecule has 0 unspecified atom stereocenters. The molecule has 0 amide bonds. The summed E-state index contributed by atoms with van der Waals surface area (Å²) in [6.45, 7) is 12.8. The summed E-state index contributed by atoms with van der Waals surface area (Å²) < 4.78 is 39.6. The number of rotatable bonds is 9. The SMILES string of the molecule is CCCOc1cc(C)c(C(C)C)cc1S(=O)(=O)NCCN1CCOCC1. The van der Waals surface area contributed by atoms with E-state index in [9.17, 15) is 8.42 Å². The Morgan fingerprint density at radius 3 is 2.58 bits per heavy atom. The van der Waals surface area contributed by atoms with Gasteiger partial charge >= 0.3 is 0 Å². The number of morpholine rings is 1. The maximum Gasteiger partial charge on any atom is 0.244 e. The Balaban J connectivity index is 2.17. The zero-order valence-corrected chi connectivity index (χ0v) is 17.2. The van der Waals surface area contributed by atoms with Crippen LogP contribution in [0.1, 0.15) is 44.2 Å². The lowest BCUT2D eigenvalue weighted by Gasteiger charge is -2.26. The maximum absolute atomic E-state index is 12.9. The topological polar surface area (TPSA) is 67.9 Å². The van der Waals surface area contributed by atoms with Crippen LogP contribution >= 0.6 is 0 Å². The van der Waals surface area contributed by atoms with E-state index in [2.05, 4.69) is 23.5 Å². The molecule has 1 aliphatic heterocycles. The number of sulfonamides is 1. The van der Waals surface area contributed by atoms with Gasteiger partial charge in [0.1, 0.15) is 10.6 Å². The Morgan fingerprint density at radius 2 is 1.96 bits per heavy atom. The van der Waals surface area contributed by atoms with E-state index in [1.54, 1.807) is 6.07 Å². The first kappa shape index (κ1) is 21.2. The number of hydrogen-bond donors (Lipinski definition) is 1. The van der Waals surface area contributed by atoms with E-state index < -0.39 is 10.0 Å². The van der Waals surface area contributed by atoms with Gasteiger partial charge in [0.25, 0.3) is 0 Å². The highest BCUT2D eigenvalue weighted by atomic mass is 32.2. The number of nitrogens with zero attached hydrogens (tertiary/aromatic N) is 1. The minimum atomic E-state index is -3.63. The van der Waals surface area contributed by atoms with Gasteiger partial charge in [0.05, 0.1) is 19.8 Å². The molecular weight excluding hydrogens is 352 g/mol. The molecule has 0 aromatic heterocycles. The van der Waals surface area contributed by atoms with Gasteiger partial charge in [-0.05, 0) is 42.5 Å².